The second-order valence-electron chi connectivity index (χ2n) is 9.98. The van der Waals surface area contributed by atoms with Gasteiger partial charge >= 0.3 is 5.97 Å². The summed E-state index contributed by atoms with van der Waals surface area (Å²) in [4.78, 5) is 41.6. The first-order chi connectivity index (χ1) is 14.7. The molecule has 1 saturated heterocycles. The van der Waals surface area contributed by atoms with Crippen LogP contribution in [0.4, 0.5) is 0 Å². The number of carbonyl (C=O) groups excluding carboxylic acids is 2. The van der Waals surface area contributed by atoms with Crippen LogP contribution in [-0.4, -0.2) is 69.9 Å². The average Bonchev–Trinajstić information content (AvgIpc) is 2.73. The minimum absolute atomic E-state index is 0.00651. The van der Waals surface area contributed by atoms with Crippen molar-refractivity contribution in [2.75, 3.05) is 13.6 Å². The van der Waals surface area contributed by atoms with Crippen LogP contribution in [0.2, 0.25) is 0 Å². The molecule has 0 radical (unpaired) electrons. The first-order valence-corrected chi connectivity index (χ1v) is 11.5. The Bertz CT molecular complexity index is 764. The number of hydrogen-bond acceptors (Lipinski definition) is 4. The zero-order valence-electron chi connectivity index (χ0n) is 20.9. The summed E-state index contributed by atoms with van der Waals surface area (Å²) in [5.41, 5.74) is -0.374. The number of carboxylic acid groups (broad SMARTS) is 1. The van der Waals surface area contributed by atoms with E-state index in [1.54, 1.807) is 18.0 Å². The Kier molecular flexibility index (Phi) is 9.96. The van der Waals surface area contributed by atoms with Crippen LogP contribution in [-0.2, 0) is 14.4 Å². The van der Waals surface area contributed by atoms with Crippen molar-refractivity contribution in [1.82, 2.24) is 15.1 Å². The number of nitrogens with zero attached hydrogens (tertiary/aromatic N) is 2. The van der Waals surface area contributed by atoms with E-state index in [-0.39, 0.29) is 35.3 Å². The fraction of sp³-hybridized carbons (Fsp3) is 0.720. The van der Waals surface area contributed by atoms with Crippen molar-refractivity contribution in [2.24, 2.45) is 11.8 Å². The Hall–Kier alpha value is -2.33. The summed E-state index contributed by atoms with van der Waals surface area (Å²) >= 11 is 0. The lowest BCUT2D eigenvalue weighted by Crippen LogP contribution is -2.61. The summed E-state index contributed by atoms with van der Waals surface area (Å²) in [6, 6.07) is -1.50. The minimum atomic E-state index is -1.02. The topological polar surface area (TPSA) is 90.0 Å². The van der Waals surface area contributed by atoms with Crippen LogP contribution < -0.4 is 5.32 Å². The maximum absolute atomic E-state index is 13.4. The normalized spacial score (nSPS) is 19.9. The highest BCUT2D eigenvalue weighted by Gasteiger charge is 2.39. The highest BCUT2D eigenvalue weighted by molar-refractivity contribution is 5.90. The summed E-state index contributed by atoms with van der Waals surface area (Å²) in [6.45, 7) is 13.8. The smallest absolute Gasteiger partial charge is 0.331 e. The first-order valence-electron chi connectivity index (χ1n) is 11.5. The maximum atomic E-state index is 13.4. The highest BCUT2D eigenvalue weighted by atomic mass is 16.4. The Balaban J connectivity index is 3.13. The van der Waals surface area contributed by atoms with Crippen LogP contribution >= 0.6 is 0 Å². The van der Waals surface area contributed by atoms with Gasteiger partial charge in [0, 0.05) is 19.2 Å². The van der Waals surface area contributed by atoms with Crippen molar-refractivity contribution in [1.29, 1.82) is 0 Å². The summed E-state index contributed by atoms with van der Waals surface area (Å²) < 4.78 is 0. The van der Waals surface area contributed by atoms with E-state index in [2.05, 4.69) is 11.2 Å². The Morgan fingerprint density at radius 2 is 1.78 bits per heavy atom. The summed E-state index contributed by atoms with van der Waals surface area (Å²) in [5, 5.41) is 12.2. The third-order valence-corrected chi connectivity index (χ3v) is 6.34. The molecule has 7 heteroatoms. The molecule has 32 heavy (non-hydrogen) atoms. The lowest BCUT2D eigenvalue weighted by Gasteiger charge is -2.43. The fourth-order valence-electron chi connectivity index (χ4n) is 4.16. The number of amides is 2. The molecule has 0 aromatic carbocycles. The zero-order valence-corrected chi connectivity index (χ0v) is 20.9. The number of piperidine rings is 1. The van der Waals surface area contributed by atoms with Crippen LogP contribution in [0.1, 0.15) is 67.7 Å². The van der Waals surface area contributed by atoms with Crippen molar-refractivity contribution in [3.05, 3.63) is 11.6 Å². The number of nitrogens with one attached hydrogen (secondary N) is 1. The maximum Gasteiger partial charge on any atom is 0.331 e. The molecule has 0 aromatic heterocycles. The van der Waals surface area contributed by atoms with E-state index in [0.29, 0.717) is 6.42 Å². The molecule has 1 rings (SSSR count). The molecular weight excluding hydrogens is 406 g/mol. The SMILES string of the molecule is C#CC(C)(C)N1CCCC[C@@H]1C(=O)N[C@H](C(=O)N(C)[C@H](C=C(C)C(=O)O)C(C)C)C(C)C. The standard InChI is InChI=1S/C25H41N3O4/c1-10-25(7,8)28-14-12-11-13-19(28)22(29)26-21(17(4)5)23(30)27(9)20(16(2)3)15-18(6)24(31)32/h1,15-17,19-21H,11-14H2,2-9H3,(H,26,29)(H,31,32)/t19-,20-,21+/m1/s1. The van der Waals surface area contributed by atoms with Crippen LogP contribution in [0.15, 0.2) is 11.6 Å². The molecule has 7 nitrogen and oxygen atoms in total. The molecule has 0 bridgehead atoms. The van der Waals surface area contributed by atoms with Crippen LogP contribution in [0.5, 0.6) is 0 Å². The molecule has 1 heterocycles. The molecule has 2 N–H and O–H groups in total. The number of carboxylic acids is 1. The summed E-state index contributed by atoms with van der Waals surface area (Å²) in [7, 11) is 1.66. The quantitative estimate of drug-likeness (QED) is 0.419. The second-order valence-corrected chi connectivity index (χ2v) is 9.98. The van der Waals surface area contributed by atoms with E-state index in [9.17, 15) is 19.5 Å². The van der Waals surface area contributed by atoms with Gasteiger partial charge in [0.05, 0.1) is 17.6 Å². The predicted molar refractivity (Wildman–Crippen MR) is 127 cm³/mol. The lowest BCUT2D eigenvalue weighted by atomic mass is 9.92. The largest absolute Gasteiger partial charge is 0.478 e. The Labute approximate surface area is 193 Å². The number of hydrogen-bond donors (Lipinski definition) is 2. The number of carbonyl (C=O) groups is 3. The van der Waals surface area contributed by atoms with Crippen LogP contribution in [0.25, 0.3) is 0 Å². The van der Waals surface area contributed by atoms with Gasteiger partial charge in [-0.05, 0) is 45.4 Å². The lowest BCUT2D eigenvalue weighted by molar-refractivity contribution is -0.140. The summed E-state index contributed by atoms with van der Waals surface area (Å²) in [5.74, 6) is 1.22. The van der Waals surface area contributed by atoms with Gasteiger partial charge < -0.3 is 15.3 Å². The van der Waals surface area contributed by atoms with E-state index in [0.717, 1.165) is 19.4 Å². The van der Waals surface area contributed by atoms with Gasteiger partial charge in [-0.2, -0.15) is 0 Å². The van der Waals surface area contributed by atoms with Crippen molar-refractivity contribution < 1.29 is 19.5 Å². The third kappa shape index (κ3) is 6.83. The number of terminal acetylenes is 1. The van der Waals surface area contributed by atoms with Crippen molar-refractivity contribution >= 4 is 17.8 Å². The van der Waals surface area contributed by atoms with E-state index in [1.807, 2.05) is 46.4 Å². The molecule has 0 aliphatic carbocycles. The number of likely N-dealkylation sites (tertiary alicyclic amines) is 1. The van der Waals surface area contributed by atoms with Crippen molar-refractivity contribution in [3.8, 4) is 12.3 Å². The van der Waals surface area contributed by atoms with Gasteiger partial charge in [0.1, 0.15) is 6.04 Å². The number of aliphatic carboxylic acids is 1. The molecule has 2 amide bonds. The van der Waals surface area contributed by atoms with Gasteiger partial charge in [0.2, 0.25) is 11.8 Å². The zero-order chi connectivity index (χ0) is 24.8. The van der Waals surface area contributed by atoms with Crippen LogP contribution in [0, 0.1) is 24.2 Å². The predicted octanol–water partition coefficient (Wildman–Crippen LogP) is 2.91. The Morgan fingerprint density at radius 3 is 2.25 bits per heavy atom. The molecule has 1 fully saturated rings. The van der Waals surface area contributed by atoms with Gasteiger partial charge in [-0.1, -0.05) is 46.1 Å². The van der Waals surface area contributed by atoms with Gasteiger partial charge in [-0.3, -0.25) is 14.5 Å². The van der Waals surface area contributed by atoms with Gasteiger partial charge in [-0.15, -0.1) is 6.42 Å². The van der Waals surface area contributed by atoms with Crippen molar-refractivity contribution in [2.45, 2.75) is 91.4 Å². The van der Waals surface area contributed by atoms with Gasteiger partial charge in [-0.25, -0.2) is 4.79 Å². The molecule has 1 aliphatic rings. The molecule has 0 saturated carbocycles. The molecule has 3 atom stereocenters. The van der Waals surface area contributed by atoms with E-state index in [1.165, 1.54) is 6.92 Å². The number of rotatable bonds is 9. The van der Waals surface area contributed by atoms with Crippen LogP contribution in [0.3, 0.4) is 0 Å². The molecule has 180 valence electrons. The van der Waals surface area contributed by atoms with Crippen molar-refractivity contribution in [3.63, 3.8) is 0 Å². The van der Waals surface area contributed by atoms with E-state index < -0.39 is 23.6 Å². The monoisotopic (exact) mass is 447 g/mol. The minimum Gasteiger partial charge on any atom is -0.478 e. The number of likely N-dealkylation sites (N-methyl/N-ethyl adjacent to an activating group) is 1. The Morgan fingerprint density at radius 1 is 1.19 bits per heavy atom. The van der Waals surface area contributed by atoms with E-state index in [4.69, 9.17) is 6.42 Å². The molecule has 0 spiro atoms. The fourth-order valence-corrected chi connectivity index (χ4v) is 4.16. The van der Waals surface area contributed by atoms with Gasteiger partial charge in [0.25, 0.3) is 0 Å². The molecular formula is C25H41N3O4. The first kappa shape index (κ1) is 27.7. The average molecular weight is 448 g/mol. The molecule has 0 unspecified atom stereocenters. The summed E-state index contributed by atoms with van der Waals surface area (Å²) in [6.07, 6.45) is 9.94. The van der Waals surface area contributed by atoms with Gasteiger partial charge in [0.15, 0.2) is 0 Å². The molecule has 0 aromatic rings. The second kappa shape index (κ2) is 11.5. The third-order valence-electron chi connectivity index (χ3n) is 6.34. The van der Waals surface area contributed by atoms with E-state index >= 15 is 0 Å². The highest BCUT2D eigenvalue weighted by Crippen LogP contribution is 2.26. The molecule has 1 aliphatic heterocycles.